The summed E-state index contributed by atoms with van der Waals surface area (Å²) < 4.78 is 16.8. The lowest BCUT2D eigenvalue weighted by Gasteiger charge is -2.29. The molecule has 1 aliphatic carbocycles. The number of benzene rings is 2. The summed E-state index contributed by atoms with van der Waals surface area (Å²) in [7, 11) is 0. The van der Waals surface area contributed by atoms with E-state index in [9.17, 15) is 14.7 Å². The molecule has 1 amide bonds. The van der Waals surface area contributed by atoms with Crippen molar-refractivity contribution in [3.05, 3.63) is 65.2 Å². The van der Waals surface area contributed by atoms with Gasteiger partial charge >= 0.3 is 12.3 Å². The molecule has 2 aliphatic rings. The Morgan fingerprint density at radius 3 is 2.40 bits per heavy atom. The van der Waals surface area contributed by atoms with Gasteiger partial charge in [0, 0.05) is 19.1 Å². The van der Waals surface area contributed by atoms with Gasteiger partial charge < -0.3 is 24.8 Å². The molecule has 0 bridgehead atoms. The van der Waals surface area contributed by atoms with Crippen LogP contribution >= 0.6 is 0 Å². The molecule has 35 heavy (non-hydrogen) atoms. The van der Waals surface area contributed by atoms with E-state index >= 15 is 0 Å². The molecule has 1 unspecified atom stereocenters. The fraction of sp³-hybridized carbons (Fsp3) is 0.423. The van der Waals surface area contributed by atoms with Gasteiger partial charge in [-0.05, 0) is 41.5 Å². The smallest absolute Gasteiger partial charge is 0.408 e. The number of ether oxygens (including phenoxy) is 3. The van der Waals surface area contributed by atoms with E-state index in [1.165, 1.54) is 0 Å². The first-order valence-corrected chi connectivity index (χ1v) is 11.8. The maximum Gasteiger partial charge on any atom is 0.408 e. The molecule has 2 atom stereocenters. The average molecular weight is 480 g/mol. The van der Waals surface area contributed by atoms with Crippen molar-refractivity contribution in [3.8, 4) is 11.1 Å². The van der Waals surface area contributed by atoms with Gasteiger partial charge in [-0.1, -0.05) is 48.5 Å². The lowest BCUT2D eigenvalue weighted by molar-refractivity contribution is -0.169. The number of Topliss-reactive ketones (excluding diaryl/α,β-unsaturated/α-hetero) is 1. The highest BCUT2D eigenvalue weighted by atomic mass is 16.7. The third kappa shape index (κ3) is 5.83. The molecule has 0 saturated carbocycles. The number of ketones is 1. The van der Waals surface area contributed by atoms with Crippen molar-refractivity contribution >= 4 is 18.1 Å². The zero-order valence-electron chi connectivity index (χ0n) is 19.4. The fourth-order valence-electron chi connectivity index (χ4n) is 4.74. The predicted molar refractivity (Wildman–Crippen MR) is 127 cm³/mol. The first-order valence-electron chi connectivity index (χ1n) is 11.8. The van der Waals surface area contributed by atoms with Crippen molar-refractivity contribution < 1.29 is 33.7 Å². The Balaban J connectivity index is 1.47. The second-order valence-electron chi connectivity index (χ2n) is 8.57. The normalized spacial score (nSPS) is 17.7. The average Bonchev–Trinajstić information content (AvgIpc) is 3.19. The van der Waals surface area contributed by atoms with Crippen molar-refractivity contribution in [1.82, 2.24) is 4.90 Å². The maximum atomic E-state index is 12.7. The zero-order chi connectivity index (χ0) is 24.6. The molecule has 2 aromatic carbocycles. The highest BCUT2D eigenvalue weighted by molar-refractivity contribution is 6.28. The number of fused-ring (bicyclic) bond motifs is 3. The molecule has 1 heterocycles. The highest BCUT2D eigenvalue weighted by Gasteiger charge is 2.37. The molecule has 4 rings (SSSR count). The molecular formula is C26H29N3O6. The van der Waals surface area contributed by atoms with Crippen molar-refractivity contribution in [2.45, 2.75) is 37.5 Å². The van der Waals surface area contributed by atoms with Gasteiger partial charge in [-0.25, -0.2) is 4.79 Å². The summed E-state index contributed by atoms with van der Waals surface area (Å²) in [6, 6.07) is 14.6. The molecule has 1 fully saturated rings. The van der Waals surface area contributed by atoms with Crippen LogP contribution in [0, 0.1) is 0 Å². The van der Waals surface area contributed by atoms with Gasteiger partial charge in [0.05, 0.1) is 19.8 Å². The summed E-state index contributed by atoms with van der Waals surface area (Å²) in [5.41, 5.74) is 13.0. The topological polar surface area (TPSA) is 122 Å². The van der Waals surface area contributed by atoms with Gasteiger partial charge in [0.2, 0.25) is 0 Å². The first-order chi connectivity index (χ1) is 17.1. The predicted octanol–water partition coefficient (Wildman–Crippen LogP) is 3.58. The Labute approximate surface area is 203 Å². The van der Waals surface area contributed by atoms with Crippen LogP contribution in [-0.2, 0) is 19.0 Å². The highest BCUT2D eigenvalue weighted by Crippen LogP contribution is 2.44. The Morgan fingerprint density at radius 2 is 1.80 bits per heavy atom. The molecule has 1 aliphatic heterocycles. The first kappa shape index (κ1) is 24.8. The molecule has 1 N–H and O–H groups in total. The molecule has 0 aromatic heterocycles. The van der Waals surface area contributed by atoms with Gasteiger partial charge in [-0.3, -0.25) is 9.69 Å². The Bertz CT molecular complexity index is 1050. The summed E-state index contributed by atoms with van der Waals surface area (Å²) in [4.78, 5) is 28.9. The summed E-state index contributed by atoms with van der Waals surface area (Å²) >= 11 is 0. The van der Waals surface area contributed by atoms with E-state index < -0.39 is 17.9 Å². The van der Waals surface area contributed by atoms with Crippen molar-refractivity contribution in [2.75, 3.05) is 33.0 Å². The van der Waals surface area contributed by atoms with Crippen molar-refractivity contribution in [2.24, 2.45) is 0 Å². The summed E-state index contributed by atoms with van der Waals surface area (Å²) in [5.74, 6) is -0.905. The van der Waals surface area contributed by atoms with Crippen molar-refractivity contribution in [1.29, 1.82) is 0 Å². The van der Waals surface area contributed by atoms with Crippen LogP contribution in [0.25, 0.3) is 16.7 Å². The van der Waals surface area contributed by atoms with Gasteiger partial charge in [-0.15, -0.1) is 0 Å². The van der Waals surface area contributed by atoms with E-state index in [0.29, 0.717) is 12.8 Å². The number of rotatable bonds is 11. The van der Waals surface area contributed by atoms with Crippen LogP contribution in [0.4, 0.5) is 4.79 Å². The van der Waals surface area contributed by atoms with E-state index in [1.807, 2.05) is 48.5 Å². The molecule has 9 heteroatoms. The van der Waals surface area contributed by atoms with E-state index in [2.05, 4.69) is 4.79 Å². The Morgan fingerprint density at radius 1 is 1.11 bits per heavy atom. The van der Waals surface area contributed by atoms with Crippen LogP contribution in [0.3, 0.4) is 0 Å². The summed E-state index contributed by atoms with van der Waals surface area (Å²) in [6.07, 6.45) is 2.09. The Kier molecular flexibility index (Phi) is 8.39. The van der Waals surface area contributed by atoms with Crippen molar-refractivity contribution in [3.63, 3.8) is 0 Å². The molecule has 9 nitrogen and oxygen atoms in total. The second kappa shape index (κ2) is 11.9. The molecule has 1 saturated heterocycles. The SMILES string of the molecule is [N-]=[N+]=CC(=O)[C@H](COCCOC1CCCCO1)N(CC1c2ccccc2-c2ccccc21)C(=O)O. The maximum absolute atomic E-state index is 12.7. The molecular weight excluding hydrogens is 450 g/mol. The molecule has 0 spiro atoms. The third-order valence-corrected chi connectivity index (χ3v) is 6.42. The minimum Gasteiger partial charge on any atom is -0.465 e. The van der Waals surface area contributed by atoms with Crippen LogP contribution in [-0.4, -0.2) is 78.2 Å². The number of nitrogens with zero attached hydrogens (tertiary/aromatic N) is 3. The lowest BCUT2D eigenvalue weighted by Crippen LogP contribution is -2.49. The van der Waals surface area contributed by atoms with Crippen LogP contribution in [0.1, 0.15) is 36.3 Å². The summed E-state index contributed by atoms with van der Waals surface area (Å²) in [6.45, 7) is 0.957. The molecule has 184 valence electrons. The van der Waals surface area contributed by atoms with Crippen LogP contribution in [0.5, 0.6) is 0 Å². The quantitative estimate of drug-likeness (QED) is 0.228. The van der Waals surface area contributed by atoms with E-state index in [0.717, 1.165) is 46.4 Å². The number of hydrogen-bond donors (Lipinski definition) is 1. The minimum absolute atomic E-state index is 0.0504. The lowest BCUT2D eigenvalue weighted by atomic mass is 9.95. The monoisotopic (exact) mass is 479 g/mol. The minimum atomic E-state index is -1.26. The van der Waals surface area contributed by atoms with Crippen LogP contribution in [0.2, 0.25) is 0 Å². The zero-order valence-corrected chi connectivity index (χ0v) is 19.4. The Hall–Kier alpha value is -3.36. The number of carboxylic acid groups (broad SMARTS) is 1. The number of hydrogen-bond acceptors (Lipinski definition) is 5. The second-order valence-corrected chi connectivity index (χ2v) is 8.57. The largest absolute Gasteiger partial charge is 0.465 e. The standard InChI is InChI=1S/C26H29N3O6/c27-28-15-24(30)23(17-33-13-14-35-25-11-5-6-12-34-25)29(26(31)32)16-22-20-9-3-1-7-18(20)19-8-2-4-10-21(19)22/h1-4,7-10,15,22-23,25H,5-6,11-14,16-17H2,(H,31,32)/t23-,25?/m0/s1. The number of amides is 1. The number of carbonyl (C=O) groups is 2. The van der Waals surface area contributed by atoms with Gasteiger partial charge in [0.15, 0.2) is 6.29 Å². The van der Waals surface area contributed by atoms with Crippen LogP contribution < -0.4 is 0 Å². The van der Waals surface area contributed by atoms with Gasteiger partial charge in [0.1, 0.15) is 6.04 Å². The van der Waals surface area contributed by atoms with Gasteiger partial charge in [-0.2, -0.15) is 4.79 Å². The molecule has 0 radical (unpaired) electrons. The summed E-state index contributed by atoms with van der Waals surface area (Å²) in [5, 5.41) is 10.1. The molecule has 2 aromatic rings. The van der Waals surface area contributed by atoms with E-state index in [1.54, 1.807) is 0 Å². The van der Waals surface area contributed by atoms with Crippen LogP contribution in [0.15, 0.2) is 48.5 Å². The van der Waals surface area contributed by atoms with E-state index in [-0.39, 0.29) is 38.6 Å². The number of carbonyl (C=O) groups excluding carboxylic acids is 1. The third-order valence-electron chi connectivity index (χ3n) is 6.42. The van der Waals surface area contributed by atoms with Gasteiger partial charge in [0.25, 0.3) is 5.78 Å². The van der Waals surface area contributed by atoms with E-state index in [4.69, 9.17) is 19.7 Å². The fourth-order valence-corrected chi connectivity index (χ4v) is 4.74.